The minimum absolute atomic E-state index is 0.534. The van der Waals surface area contributed by atoms with Crippen LogP contribution in [0.15, 0.2) is 16.7 Å². The fourth-order valence-electron chi connectivity index (χ4n) is 1.94. The van der Waals surface area contributed by atoms with Gasteiger partial charge in [-0.1, -0.05) is 0 Å². The molecule has 1 saturated heterocycles. The van der Waals surface area contributed by atoms with Crippen molar-refractivity contribution in [3.63, 3.8) is 0 Å². The molecule has 1 aromatic rings. The molecule has 1 aliphatic rings. The third-order valence-electron chi connectivity index (χ3n) is 2.92. The maximum absolute atomic E-state index is 5.76. The van der Waals surface area contributed by atoms with Gasteiger partial charge in [0, 0.05) is 41.6 Å². The van der Waals surface area contributed by atoms with Crippen molar-refractivity contribution in [3.8, 4) is 0 Å². The molecule has 0 aliphatic carbocycles. The highest BCUT2D eigenvalue weighted by molar-refractivity contribution is 9.10. The third-order valence-corrected chi connectivity index (χ3v) is 4.50. The summed E-state index contributed by atoms with van der Waals surface area (Å²) in [5.41, 5.74) is 6.87. The molecule has 5 heteroatoms. The van der Waals surface area contributed by atoms with Crippen molar-refractivity contribution in [1.29, 1.82) is 0 Å². The number of hydrogen-bond acceptors (Lipinski definition) is 4. The quantitative estimate of drug-likeness (QED) is 0.930. The van der Waals surface area contributed by atoms with Crippen LogP contribution < -0.4 is 10.6 Å². The van der Waals surface area contributed by atoms with Crippen LogP contribution in [0.3, 0.4) is 0 Å². The smallest absolute Gasteiger partial charge is 0.133 e. The second-order valence-electron chi connectivity index (χ2n) is 3.97. The molecule has 0 spiro atoms. The summed E-state index contributed by atoms with van der Waals surface area (Å²) in [6.45, 7) is 0.534. The molecule has 1 atom stereocenters. The lowest BCUT2D eigenvalue weighted by atomic mass is 10.2. The van der Waals surface area contributed by atoms with Gasteiger partial charge in [-0.3, -0.25) is 0 Å². The van der Waals surface area contributed by atoms with E-state index in [1.807, 2.05) is 18.0 Å². The Bertz CT molecular complexity index is 366. The van der Waals surface area contributed by atoms with Gasteiger partial charge in [0.1, 0.15) is 5.82 Å². The Labute approximate surface area is 109 Å². The van der Waals surface area contributed by atoms with Crippen LogP contribution in [0.2, 0.25) is 0 Å². The van der Waals surface area contributed by atoms with E-state index in [0.717, 1.165) is 15.9 Å². The van der Waals surface area contributed by atoms with Crippen LogP contribution in [0.25, 0.3) is 0 Å². The Morgan fingerprint density at radius 1 is 1.69 bits per heavy atom. The Morgan fingerprint density at radius 3 is 3.12 bits per heavy atom. The highest BCUT2D eigenvalue weighted by Crippen LogP contribution is 2.27. The number of nitrogens with zero attached hydrogens (tertiary/aromatic N) is 2. The molecule has 2 rings (SSSR count). The van der Waals surface area contributed by atoms with E-state index in [2.05, 4.69) is 38.9 Å². The van der Waals surface area contributed by atoms with Crippen molar-refractivity contribution >= 4 is 33.5 Å². The lowest BCUT2D eigenvalue weighted by Crippen LogP contribution is -2.33. The maximum Gasteiger partial charge on any atom is 0.133 e. The summed E-state index contributed by atoms with van der Waals surface area (Å²) in [7, 11) is 2.12. The molecule has 16 heavy (non-hydrogen) atoms. The Morgan fingerprint density at radius 2 is 2.50 bits per heavy atom. The number of anilines is 1. The summed E-state index contributed by atoms with van der Waals surface area (Å²) in [6.07, 6.45) is 3.08. The number of thioether (sulfide) groups is 1. The molecule has 0 bridgehead atoms. The van der Waals surface area contributed by atoms with Crippen LogP contribution in [0.4, 0.5) is 5.82 Å². The summed E-state index contributed by atoms with van der Waals surface area (Å²) in [6, 6.07) is 2.66. The van der Waals surface area contributed by atoms with Gasteiger partial charge in [0.15, 0.2) is 0 Å². The van der Waals surface area contributed by atoms with Gasteiger partial charge in [-0.2, -0.15) is 11.8 Å². The topological polar surface area (TPSA) is 42.2 Å². The van der Waals surface area contributed by atoms with Crippen molar-refractivity contribution < 1.29 is 0 Å². The average Bonchev–Trinajstić information content (AvgIpc) is 2.81. The van der Waals surface area contributed by atoms with Crippen LogP contribution >= 0.6 is 27.7 Å². The molecule has 1 aromatic heterocycles. The van der Waals surface area contributed by atoms with Gasteiger partial charge in [-0.25, -0.2) is 4.98 Å². The largest absolute Gasteiger partial charge is 0.356 e. The van der Waals surface area contributed by atoms with Gasteiger partial charge < -0.3 is 10.6 Å². The summed E-state index contributed by atoms with van der Waals surface area (Å²) < 4.78 is 0.992. The van der Waals surface area contributed by atoms with Gasteiger partial charge >= 0.3 is 0 Å². The fourth-order valence-corrected chi connectivity index (χ4v) is 3.59. The van der Waals surface area contributed by atoms with Crippen LogP contribution in [0, 0.1) is 0 Å². The highest BCUT2D eigenvalue weighted by atomic mass is 79.9. The lowest BCUT2D eigenvalue weighted by molar-refractivity contribution is 0.687. The molecule has 1 fully saturated rings. The van der Waals surface area contributed by atoms with Crippen molar-refractivity contribution in [2.24, 2.45) is 5.73 Å². The van der Waals surface area contributed by atoms with Crippen LogP contribution in [-0.4, -0.2) is 29.6 Å². The Hall–Kier alpha value is -0.260. The number of halogens is 1. The second kappa shape index (κ2) is 5.38. The van der Waals surface area contributed by atoms with E-state index in [0.29, 0.717) is 12.6 Å². The zero-order valence-electron chi connectivity index (χ0n) is 9.32. The molecular weight excluding hydrogens is 286 g/mol. The molecular formula is C11H16BrN3S. The molecule has 1 unspecified atom stereocenters. The average molecular weight is 302 g/mol. The molecule has 0 saturated carbocycles. The minimum Gasteiger partial charge on any atom is -0.356 e. The highest BCUT2D eigenvalue weighted by Gasteiger charge is 2.22. The summed E-state index contributed by atoms with van der Waals surface area (Å²) in [4.78, 5) is 6.76. The van der Waals surface area contributed by atoms with E-state index in [1.165, 1.54) is 17.9 Å². The number of aromatic nitrogens is 1. The minimum atomic E-state index is 0.534. The Balaban J connectivity index is 2.24. The maximum atomic E-state index is 5.76. The molecule has 1 aliphatic heterocycles. The van der Waals surface area contributed by atoms with Gasteiger partial charge in [0.25, 0.3) is 0 Å². The summed E-state index contributed by atoms with van der Waals surface area (Å²) in [5.74, 6) is 3.47. The van der Waals surface area contributed by atoms with E-state index >= 15 is 0 Å². The molecule has 2 heterocycles. The fraction of sp³-hybridized carbons (Fsp3) is 0.545. The second-order valence-corrected chi connectivity index (χ2v) is 6.03. The van der Waals surface area contributed by atoms with Crippen LogP contribution in [0.5, 0.6) is 0 Å². The van der Waals surface area contributed by atoms with Crippen LogP contribution in [-0.2, 0) is 6.54 Å². The number of pyridine rings is 1. The molecule has 3 nitrogen and oxygen atoms in total. The van der Waals surface area contributed by atoms with Crippen molar-refractivity contribution in [1.82, 2.24) is 4.98 Å². The predicted molar refractivity (Wildman–Crippen MR) is 74.0 cm³/mol. The van der Waals surface area contributed by atoms with Gasteiger partial charge in [-0.15, -0.1) is 0 Å². The van der Waals surface area contributed by atoms with Gasteiger partial charge in [0.2, 0.25) is 0 Å². The standard InChI is InChI=1S/C11H16BrN3S/c1-15(10-2-3-16-7-10)11-8(5-13)4-9(12)6-14-11/h4,6,10H,2-3,5,7,13H2,1H3. The first-order valence-corrected chi connectivity index (χ1v) is 7.32. The van der Waals surface area contributed by atoms with E-state index in [-0.39, 0.29) is 0 Å². The zero-order chi connectivity index (χ0) is 11.5. The van der Waals surface area contributed by atoms with Gasteiger partial charge in [0.05, 0.1) is 0 Å². The number of rotatable bonds is 3. The van der Waals surface area contributed by atoms with E-state index in [1.54, 1.807) is 0 Å². The van der Waals surface area contributed by atoms with Gasteiger partial charge in [-0.05, 0) is 34.2 Å². The Kier molecular flexibility index (Phi) is 4.10. The first kappa shape index (κ1) is 12.2. The van der Waals surface area contributed by atoms with Crippen molar-refractivity contribution in [3.05, 3.63) is 22.3 Å². The predicted octanol–water partition coefficient (Wildman–Crippen LogP) is 2.24. The van der Waals surface area contributed by atoms with Crippen LogP contribution in [0.1, 0.15) is 12.0 Å². The van der Waals surface area contributed by atoms with E-state index in [9.17, 15) is 0 Å². The summed E-state index contributed by atoms with van der Waals surface area (Å²) >= 11 is 5.44. The van der Waals surface area contributed by atoms with E-state index < -0.39 is 0 Å². The van der Waals surface area contributed by atoms with Crippen molar-refractivity contribution in [2.75, 3.05) is 23.5 Å². The zero-order valence-corrected chi connectivity index (χ0v) is 11.7. The normalized spacial score (nSPS) is 20.1. The third kappa shape index (κ3) is 2.52. The van der Waals surface area contributed by atoms with Crippen molar-refractivity contribution in [2.45, 2.75) is 19.0 Å². The van der Waals surface area contributed by atoms with E-state index in [4.69, 9.17) is 5.73 Å². The molecule has 88 valence electrons. The molecule has 0 amide bonds. The molecule has 0 aromatic carbocycles. The monoisotopic (exact) mass is 301 g/mol. The first-order chi connectivity index (χ1) is 7.72. The molecule has 2 N–H and O–H groups in total. The SMILES string of the molecule is CN(c1ncc(Br)cc1CN)C1CCSC1. The first-order valence-electron chi connectivity index (χ1n) is 5.37. The lowest BCUT2D eigenvalue weighted by Gasteiger charge is -2.26. The number of nitrogens with two attached hydrogens (primary N) is 1. The summed E-state index contributed by atoms with van der Waals surface area (Å²) in [5, 5.41) is 0. The number of hydrogen-bond donors (Lipinski definition) is 1. The molecule has 0 radical (unpaired) electrons.